The van der Waals surface area contributed by atoms with Crippen LogP contribution in [0.25, 0.3) is 0 Å². The van der Waals surface area contributed by atoms with E-state index in [0.717, 1.165) is 0 Å². The molecular weight excluding hydrogens is 367 g/mol. The first-order valence-corrected chi connectivity index (χ1v) is 9.28. The summed E-state index contributed by atoms with van der Waals surface area (Å²) >= 11 is 0. The van der Waals surface area contributed by atoms with Gasteiger partial charge >= 0.3 is 5.97 Å². The Bertz CT molecular complexity index is 841. The number of rotatable bonds is 6. The average molecular weight is 390 g/mol. The highest BCUT2D eigenvalue weighted by Gasteiger charge is 2.31. The van der Waals surface area contributed by atoms with Crippen molar-refractivity contribution in [2.75, 3.05) is 19.7 Å². The number of nitrogens with zero attached hydrogens (tertiary/aromatic N) is 4. The summed E-state index contributed by atoms with van der Waals surface area (Å²) < 4.78 is 20.1. The molecule has 8 nitrogen and oxygen atoms in total. The molecule has 1 aromatic carbocycles. The van der Waals surface area contributed by atoms with Gasteiger partial charge in [0.15, 0.2) is 5.69 Å². The van der Waals surface area contributed by atoms with Gasteiger partial charge in [-0.2, -0.15) is 0 Å². The molecule has 150 valence electrons. The van der Waals surface area contributed by atoms with E-state index in [1.807, 2.05) is 0 Å². The molecule has 1 amide bonds. The highest BCUT2D eigenvalue weighted by atomic mass is 19.1. The molecule has 0 aliphatic carbocycles. The monoisotopic (exact) mass is 390 g/mol. The summed E-state index contributed by atoms with van der Waals surface area (Å²) in [6.07, 6.45) is 1.69. The first kappa shape index (κ1) is 19.9. The van der Waals surface area contributed by atoms with Gasteiger partial charge in [-0.15, -0.1) is 5.10 Å². The molecule has 0 saturated carbocycles. The van der Waals surface area contributed by atoms with Crippen LogP contribution in [0.4, 0.5) is 4.39 Å². The van der Waals surface area contributed by atoms with Gasteiger partial charge in [0.05, 0.1) is 25.3 Å². The van der Waals surface area contributed by atoms with Gasteiger partial charge in [-0.05, 0) is 25.8 Å². The second-order valence-electron chi connectivity index (χ2n) is 6.71. The fourth-order valence-electron chi connectivity index (χ4n) is 3.28. The fourth-order valence-corrected chi connectivity index (χ4v) is 3.28. The summed E-state index contributed by atoms with van der Waals surface area (Å²) in [4.78, 5) is 26.2. The Kier molecular flexibility index (Phi) is 6.35. The third kappa shape index (κ3) is 4.53. The van der Waals surface area contributed by atoms with Crippen molar-refractivity contribution in [3.8, 4) is 0 Å². The van der Waals surface area contributed by atoms with E-state index in [0.29, 0.717) is 26.0 Å². The van der Waals surface area contributed by atoms with Crippen LogP contribution in [0.15, 0.2) is 30.5 Å². The number of likely N-dealkylation sites (tertiary alicyclic amines) is 1. The van der Waals surface area contributed by atoms with Crippen LogP contribution in [0.2, 0.25) is 0 Å². The van der Waals surface area contributed by atoms with Crippen molar-refractivity contribution in [1.29, 1.82) is 0 Å². The lowest BCUT2D eigenvalue weighted by atomic mass is 9.98. The highest BCUT2D eigenvalue weighted by molar-refractivity contribution is 5.92. The zero-order chi connectivity index (χ0) is 20.1. The number of esters is 1. The topological polar surface area (TPSA) is 97.5 Å². The number of halogens is 1. The lowest BCUT2D eigenvalue weighted by molar-refractivity contribution is -0.149. The van der Waals surface area contributed by atoms with Crippen LogP contribution in [-0.2, 0) is 16.1 Å². The lowest BCUT2D eigenvalue weighted by Gasteiger charge is -2.30. The molecule has 2 atom stereocenters. The molecule has 1 saturated heterocycles. The average Bonchev–Trinajstić information content (AvgIpc) is 3.16. The van der Waals surface area contributed by atoms with Gasteiger partial charge in [-0.1, -0.05) is 23.4 Å². The molecule has 0 bridgehead atoms. The Morgan fingerprint density at radius 3 is 2.93 bits per heavy atom. The van der Waals surface area contributed by atoms with Crippen LogP contribution >= 0.6 is 0 Å². The number of carbonyl (C=O) groups excluding carboxylic acids is 2. The number of aliphatic hydroxyl groups excluding tert-OH is 1. The van der Waals surface area contributed by atoms with Gasteiger partial charge in [0.2, 0.25) is 0 Å². The molecule has 28 heavy (non-hydrogen) atoms. The predicted octanol–water partition coefficient (Wildman–Crippen LogP) is 1.57. The molecule has 2 heterocycles. The third-order valence-electron chi connectivity index (χ3n) is 4.71. The number of hydrogen-bond acceptors (Lipinski definition) is 6. The predicted molar refractivity (Wildman–Crippen MR) is 96.6 cm³/mol. The molecule has 1 N–H and O–H groups in total. The smallest absolute Gasteiger partial charge is 0.310 e. The molecule has 0 radical (unpaired) electrons. The maximum atomic E-state index is 13.8. The SMILES string of the molecule is CCOC(=O)[C@@H]1CCCN(C(=O)c2cn(C[C@@H](O)c3ccccc3F)nn2)C1. The van der Waals surface area contributed by atoms with E-state index < -0.39 is 11.9 Å². The third-order valence-corrected chi connectivity index (χ3v) is 4.71. The standard InChI is InChI=1S/C19H23FN4O4/c1-2-28-19(27)13-6-5-9-23(10-13)18(26)16-11-24(22-21-16)12-17(25)14-7-3-4-8-15(14)20/h3-4,7-8,11,13,17,25H,2,5-6,9-10,12H2,1H3/t13-,17-/m1/s1. The molecule has 1 aromatic heterocycles. The van der Waals surface area contributed by atoms with Gasteiger partial charge < -0.3 is 14.7 Å². The van der Waals surface area contributed by atoms with Gasteiger partial charge in [0, 0.05) is 18.7 Å². The van der Waals surface area contributed by atoms with E-state index in [-0.39, 0.29) is 42.1 Å². The van der Waals surface area contributed by atoms with E-state index in [4.69, 9.17) is 4.74 Å². The zero-order valence-electron chi connectivity index (χ0n) is 15.6. The number of amides is 1. The molecule has 9 heteroatoms. The van der Waals surface area contributed by atoms with Crippen LogP contribution in [0.5, 0.6) is 0 Å². The van der Waals surface area contributed by atoms with Gasteiger partial charge in [-0.25, -0.2) is 9.07 Å². The minimum Gasteiger partial charge on any atom is -0.466 e. The Labute approximate surface area is 161 Å². The largest absolute Gasteiger partial charge is 0.466 e. The summed E-state index contributed by atoms with van der Waals surface area (Å²) in [5.74, 6) is -1.47. The fraction of sp³-hybridized carbons (Fsp3) is 0.474. The molecule has 1 aliphatic rings. The summed E-state index contributed by atoms with van der Waals surface area (Å²) in [5, 5.41) is 17.9. The maximum absolute atomic E-state index is 13.8. The summed E-state index contributed by atoms with van der Waals surface area (Å²) in [6, 6.07) is 5.94. The summed E-state index contributed by atoms with van der Waals surface area (Å²) in [5.41, 5.74) is 0.268. The molecular formula is C19H23FN4O4. The lowest BCUT2D eigenvalue weighted by Crippen LogP contribution is -2.43. The van der Waals surface area contributed by atoms with Crippen molar-refractivity contribution in [3.05, 3.63) is 47.5 Å². The second-order valence-corrected chi connectivity index (χ2v) is 6.71. The second kappa shape index (κ2) is 8.92. The van der Waals surface area contributed by atoms with Crippen molar-refractivity contribution in [2.45, 2.75) is 32.4 Å². The Morgan fingerprint density at radius 1 is 1.39 bits per heavy atom. The minimum atomic E-state index is -1.12. The Hall–Kier alpha value is -2.81. The van der Waals surface area contributed by atoms with E-state index in [1.54, 1.807) is 24.0 Å². The van der Waals surface area contributed by atoms with E-state index >= 15 is 0 Å². The first-order valence-electron chi connectivity index (χ1n) is 9.28. The van der Waals surface area contributed by atoms with Crippen LogP contribution in [0.1, 0.15) is 41.9 Å². The Morgan fingerprint density at radius 2 is 2.18 bits per heavy atom. The molecule has 0 unspecified atom stereocenters. The van der Waals surface area contributed by atoms with E-state index in [2.05, 4.69) is 10.3 Å². The molecule has 1 fully saturated rings. The molecule has 0 spiro atoms. The van der Waals surface area contributed by atoms with Crippen LogP contribution in [-0.4, -0.2) is 56.6 Å². The van der Waals surface area contributed by atoms with Crippen LogP contribution in [0.3, 0.4) is 0 Å². The first-order chi connectivity index (χ1) is 13.5. The summed E-state index contributed by atoms with van der Waals surface area (Å²) in [6.45, 7) is 2.83. The number of aromatic nitrogens is 3. The van der Waals surface area contributed by atoms with Crippen molar-refractivity contribution in [1.82, 2.24) is 19.9 Å². The normalized spacial score (nSPS) is 18.0. The van der Waals surface area contributed by atoms with Crippen LogP contribution < -0.4 is 0 Å². The number of benzene rings is 1. The number of hydrogen-bond donors (Lipinski definition) is 1. The number of ether oxygens (including phenoxy) is 1. The van der Waals surface area contributed by atoms with E-state index in [1.165, 1.54) is 23.0 Å². The summed E-state index contributed by atoms with van der Waals surface area (Å²) in [7, 11) is 0. The van der Waals surface area contributed by atoms with Crippen molar-refractivity contribution < 1.29 is 23.8 Å². The highest BCUT2D eigenvalue weighted by Crippen LogP contribution is 2.20. The maximum Gasteiger partial charge on any atom is 0.310 e. The molecule has 2 aromatic rings. The van der Waals surface area contributed by atoms with Crippen molar-refractivity contribution in [3.63, 3.8) is 0 Å². The van der Waals surface area contributed by atoms with E-state index in [9.17, 15) is 19.1 Å². The van der Waals surface area contributed by atoms with Crippen molar-refractivity contribution in [2.24, 2.45) is 5.92 Å². The quantitative estimate of drug-likeness (QED) is 0.752. The number of aliphatic hydroxyl groups is 1. The zero-order valence-corrected chi connectivity index (χ0v) is 15.6. The van der Waals surface area contributed by atoms with Gasteiger partial charge in [-0.3, -0.25) is 9.59 Å². The molecule has 3 rings (SSSR count). The van der Waals surface area contributed by atoms with Crippen molar-refractivity contribution >= 4 is 11.9 Å². The number of piperidine rings is 1. The van der Waals surface area contributed by atoms with Crippen LogP contribution in [0, 0.1) is 11.7 Å². The Balaban J connectivity index is 1.64. The van der Waals surface area contributed by atoms with Gasteiger partial charge in [0.1, 0.15) is 11.9 Å². The molecule has 1 aliphatic heterocycles. The minimum absolute atomic E-state index is 0.0351. The van der Waals surface area contributed by atoms with Gasteiger partial charge in [0.25, 0.3) is 5.91 Å². The number of carbonyl (C=O) groups is 2.